The minimum absolute atomic E-state index is 0.0653. The highest BCUT2D eigenvalue weighted by Gasteiger charge is 2.28. The number of amides is 1. The van der Waals surface area contributed by atoms with Crippen molar-refractivity contribution in [2.75, 3.05) is 23.9 Å². The fourth-order valence-corrected chi connectivity index (χ4v) is 3.82. The average Bonchev–Trinajstić information content (AvgIpc) is 2.62. The predicted octanol–water partition coefficient (Wildman–Crippen LogP) is 4.04. The van der Waals surface area contributed by atoms with Gasteiger partial charge in [0.05, 0.1) is 6.54 Å². The van der Waals surface area contributed by atoms with Crippen LogP contribution >= 0.6 is 33.2 Å². The predicted molar refractivity (Wildman–Crippen MR) is 128 cm³/mol. The molecular formula is C19H29N4O3PS2. The number of thioether (sulfide) groups is 1. The Morgan fingerprint density at radius 2 is 2.10 bits per heavy atom. The molecule has 2 atom stereocenters. The molecule has 1 aliphatic heterocycles. The number of nitrogens with one attached hydrogen (secondary N) is 1. The number of hydrogen-bond donors (Lipinski definition) is 2. The van der Waals surface area contributed by atoms with Crippen LogP contribution in [0.15, 0.2) is 29.3 Å². The number of amidine groups is 1. The standard InChI is InChI=1S/C19H29N4O3PS2/c1-19(2,3)26-18(24)23-10-4-5-15(11-23)25-14-8-6-13(7-9-14)21-17(28)22-16(20)29-12-27/h6-9,15H,4-5,10-12,27H2,1-3H3,(H3,20,21,22,28). The molecule has 3 N–H and O–H groups in total. The summed E-state index contributed by atoms with van der Waals surface area (Å²) in [5, 5.41) is 3.75. The Kier molecular flexibility index (Phi) is 8.99. The van der Waals surface area contributed by atoms with Gasteiger partial charge in [-0.1, -0.05) is 11.8 Å². The Labute approximate surface area is 184 Å². The Bertz CT molecular complexity index is 738. The van der Waals surface area contributed by atoms with Gasteiger partial charge < -0.3 is 25.4 Å². The Balaban J connectivity index is 1.88. The quantitative estimate of drug-likeness (QED) is 0.306. The van der Waals surface area contributed by atoms with E-state index in [1.54, 1.807) is 4.90 Å². The molecule has 0 bridgehead atoms. The first-order chi connectivity index (χ1) is 13.7. The second kappa shape index (κ2) is 11.0. The van der Waals surface area contributed by atoms with Gasteiger partial charge in [0.1, 0.15) is 17.5 Å². The van der Waals surface area contributed by atoms with Crippen LogP contribution in [0.4, 0.5) is 10.5 Å². The van der Waals surface area contributed by atoms with E-state index in [0.29, 0.717) is 23.4 Å². The van der Waals surface area contributed by atoms with E-state index in [2.05, 4.69) is 19.5 Å². The lowest BCUT2D eigenvalue weighted by Gasteiger charge is -2.34. The SMILES string of the molecule is CC(C)(C)OC(=O)N1CCCC(Oc2ccc(NC(=S)N=C(N)SCP)cc2)C1. The number of nitrogens with zero attached hydrogens (tertiary/aromatic N) is 2. The van der Waals surface area contributed by atoms with Crippen LogP contribution in [0.2, 0.25) is 0 Å². The highest BCUT2D eigenvalue weighted by Crippen LogP contribution is 2.22. The molecule has 1 amide bonds. The third-order valence-corrected chi connectivity index (χ3v) is 5.13. The van der Waals surface area contributed by atoms with Crippen molar-refractivity contribution in [3.05, 3.63) is 24.3 Å². The molecule has 0 saturated carbocycles. The summed E-state index contributed by atoms with van der Waals surface area (Å²) in [7, 11) is 2.57. The molecule has 1 aromatic carbocycles. The number of ether oxygens (including phenoxy) is 2. The maximum absolute atomic E-state index is 12.3. The van der Waals surface area contributed by atoms with E-state index in [1.807, 2.05) is 45.0 Å². The van der Waals surface area contributed by atoms with Crippen molar-refractivity contribution in [1.82, 2.24) is 4.90 Å². The van der Waals surface area contributed by atoms with Crippen molar-refractivity contribution in [3.8, 4) is 5.75 Å². The van der Waals surface area contributed by atoms with Gasteiger partial charge in [0.25, 0.3) is 0 Å². The van der Waals surface area contributed by atoms with Crippen molar-refractivity contribution in [1.29, 1.82) is 0 Å². The van der Waals surface area contributed by atoms with Crippen molar-refractivity contribution in [2.45, 2.75) is 45.3 Å². The van der Waals surface area contributed by atoms with E-state index >= 15 is 0 Å². The fourth-order valence-electron chi connectivity index (χ4n) is 2.71. The summed E-state index contributed by atoms with van der Waals surface area (Å²) >= 11 is 6.59. The number of hydrogen-bond acceptors (Lipinski definition) is 5. The van der Waals surface area contributed by atoms with Gasteiger partial charge in [0.2, 0.25) is 0 Å². The van der Waals surface area contributed by atoms with Crippen molar-refractivity contribution in [3.63, 3.8) is 0 Å². The normalized spacial score (nSPS) is 17.6. The second-order valence-corrected chi connectivity index (χ2v) is 9.95. The lowest BCUT2D eigenvalue weighted by molar-refractivity contribution is 0.00776. The summed E-state index contributed by atoms with van der Waals surface area (Å²) in [5.41, 5.74) is 6.81. The molecule has 29 heavy (non-hydrogen) atoms. The number of rotatable bonds is 4. The van der Waals surface area contributed by atoms with E-state index in [0.717, 1.165) is 29.8 Å². The number of likely N-dealkylation sites (tertiary alicyclic amines) is 1. The van der Waals surface area contributed by atoms with Crippen LogP contribution in [-0.4, -0.2) is 51.6 Å². The van der Waals surface area contributed by atoms with Gasteiger partial charge in [0, 0.05) is 17.7 Å². The van der Waals surface area contributed by atoms with Crippen molar-refractivity contribution in [2.24, 2.45) is 10.7 Å². The summed E-state index contributed by atoms with van der Waals surface area (Å²) in [6.07, 6.45) is 1.42. The number of benzene rings is 1. The Hall–Kier alpha value is -1.57. The molecule has 0 radical (unpaired) electrons. The first-order valence-corrected chi connectivity index (χ1v) is 11.6. The number of aliphatic imine (C=N–C) groups is 1. The number of nitrogens with two attached hydrogens (primary N) is 1. The first kappa shape index (κ1) is 23.7. The van der Waals surface area contributed by atoms with Gasteiger partial charge in [-0.2, -0.15) is 4.99 Å². The molecule has 1 aromatic rings. The number of carbonyl (C=O) groups is 1. The van der Waals surface area contributed by atoms with Crippen LogP contribution in [0, 0.1) is 0 Å². The maximum Gasteiger partial charge on any atom is 0.410 e. The molecule has 2 rings (SSSR count). The van der Waals surface area contributed by atoms with Gasteiger partial charge in [-0.15, -0.1) is 9.24 Å². The molecule has 7 nitrogen and oxygen atoms in total. The topological polar surface area (TPSA) is 89.2 Å². The van der Waals surface area contributed by atoms with Crippen LogP contribution < -0.4 is 15.8 Å². The Morgan fingerprint density at radius 1 is 1.41 bits per heavy atom. The maximum atomic E-state index is 12.3. The van der Waals surface area contributed by atoms with Gasteiger partial charge in [0.15, 0.2) is 10.3 Å². The molecule has 1 saturated heterocycles. The summed E-state index contributed by atoms with van der Waals surface area (Å²) < 4.78 is 11.5. The molecule has 1 fully saturated rings. The summed E-state index contributed by atoms with van der Waals surface area (Å²) in [6, 6.07) is 7.46. The minimum Gasteiger partial charge on any atom is -0.489 e. The summed E-state index contributed by atoms with van der Waals surface area (Å²) in [4.78, 5) is 18.1. The summed E-state index contributed by atoms with van der Waals surface area (Å²) in [6.45, 7) is 6.80. The van der Waals surface area contributed by atoms with E-state index in [9.17, 15) is 4.79 Å². The molecule has 0 aromatic heterocycles. The van der Waals surface area contributed by atoms with Crippen molar-refractivity contribution < 1.29 is 14.3 Å². The van der Waals surface area contributed by atoms with Gasteiger partial charge in [-0.05, 0) is 70.1 Å². The van der Waals surface area contributed by atoms with Crippen molar-refractivity contribution >= 4 is 55.3 Å². The van der Waals surface area contributed by atoms with Crippen LogP contribution in [0.3, 0.4) is 0 Å². The zero-order valence-corrected chi connectivity index (χ0v) is 19.8. The zero-order chi connectivity index (χ0) is 21.4. The number of thiocarbonyl (C=S) groups is 1. The first-order valence-electron chi connectivity index (χ1n) is 9.39. The third kappa shape index (κ3) is 8.76. The summed E-state index contributed by atoms with van der Waals surface area (Å²) in [5.74, 6) is 0.735. The highest BCUT2D eigenvalue weighted by molar-refractivity contribution is 8.16. The van der Waals surface area contributed by atoms with Gasteiger partial charge in [-0.3, -0.25) is 0 Å². The van der Waals surface area contributed by atoms with E-state index in [1.165, 1.54) is 11.8 Å². The largest absolute Gasteiger partial charge is 0.489 e. The number of piperidine rings is 1. The lowest BCUT2D eigenvalue weighted by Crippen LogP contribution is -2.46. The van der Waals surface area contributed by atoms with E-state index in [-0.39, 0.29) is 12.2 Å². The van der Waals surface area contributed by atoms with Crippen LogP contribution in [0.25, 0.3) is 0 Å². The number of carbonyl (C=O) groups excluding carboxylic acids is 1. The molecule has 1 heterocycles. The van der Waals surface area contributed by atoms with Gasteiger partial charge >= 0.3 is 6.09 Å². The third-order valence-electron chi connectivity index (χ3n) is 3.88. The molecule has 1 aliphatic rings. The zero-order valence-electron chi connectivity index (χ0n) is 17.0. The van der Waals surface area contributed by atoms with E-state index < -0.39 is 5.60 Å². The molecule has 10 heteroatoms. The molecular weight excluding hydrogens is 427 g/mol. The molecule has 2 unspecified atom stereocenters. The highest BCUT2D eigenvalue weighted by atomic mass is 32.2. The molecule has 160 valence electrons. The van der Waals surface area contributed by atoms with Crippen LogP contribution in [0.5, 0.6) is 5.75 Å². The average molecular weight is 457 g/mol. The minimum atomic E-state index is -0.503. The van der Waals surface area contributed by atoms with Crippen LogP contribution in [-0.2, 0) is 4.74 Å². The lowest BCUT2D eigenvalue weighted by atomic mass is 10.1. The second-order valence-electron chi connectivity index (χ2n) is 7.52. The number of anilines is 1. The fraction of sp³-hybridized carbons (Fsp3) is 0.526. The molecule has 0 aliphatic carbocycles. The van der Waals surface area contributed by atoms with Gasteiger partial charge in [-0.25, -0.2) is 4.79 Å². The van der Waals surface area contributed by atoms with E-state index in [4.69, 9.17) is 27.4 Å². The van der Waals surface area contributed by atoms with Crippen LogP contribution in [0.1, 0.15) is 33.6 Å². The molecule has 0 spiro atoms. The smallest absolute Gasteiger partial charge is 0.410 e. The monoisotopic (exact) mass is 456 g/mol. The Morgan fingerprint density at radius 3 is 2.72 bits per heavy atom.